The normalized spacial score (nSPS) is 12.2. The first kappa shape index (κ1) is 14.4. The molecule has 0 heterocycles. The minimum absolute atomic E-state index is 0.00222. The summed E-state index contributed by atoms with van der Waals surface area (Å²) >= 11 is 9.68. The van der Waals surface area contributed by atoms with E-state index in [9.17, 15) is 0 Å². The number of rotatable bonds is 4. The average Bonchev–Trinajstić information content (AvgIpc) is 2.37. The zero-order valence-electron chi connectivity index (χ0n) is 10.7. The van der Waals surface area contributed by atoms with Crippen LogP contribution in [0.5, 0.6) is 0 Å². The third kappa shape index (κ3) is 3.72. The molecule has 1 atom stereocenters. The Kier molecular flexibility index (Phi) is 4.86. The molecule has 0 aliphatic rings. The van der Waals surface area contributed by atoms with Gasteiger partial charge in [0.15, 0.2) is 0 Å². The molecular weight excluding hydrogens is 324 g/mol. The molecule has 100 valence electrons. The van der Waals surface area contributed by atoms with E-state index in [-0.39, 0.29) is 6.04 Å². The van der Waals surface area contributed by atoms with Gasteiger partial charge in [-0.1, -0.05) is 45.7 Å². The van der Waals surface area contributed by atoms with Crippen molar-refractivity contribution in [3.05, 3.63) is 63.1 Å². The fourth-order valence-corrected chi connectivity index (χ4v) is 2.79. The van der Waals surface area contributed by atoms with Crippen LogP contribution in [0.2, 0.25) is 5.02 Å². The van der Waals surface area contributed by atoms with Gasteiger partial charge in [-0.25, -0.2) is 0 Å². The van der Waals surface area contributed by atoms with Crippen molar-refractivity contribution >= 4 is 33.2 Å². The van der Waals surface area contributed by atoms with Crippen LogP contribution in [0, 0.1) is 6.92 Å². The maximum atomic E-state index is 6.27. The van der Waals surface area contributed by atoms with Crippen molar-refractivity contribution in [3.63, 3.8) is 0 Å². The van der Waals surface area contributed by atoms with Crippen LogP contribution in [0.4, 0.5) is 5.69 Å². The molecule has 0 amide bonds. The molecule has 0 aromatic heterocycles. The van der Waals surface area contributed by atoms with Crippen molar-refractivity contribution in [3.8, 4) is 0 Å². The van der Waals surface area contributed by atoms with Crippen LogP contribution in [-0.4, -0.2) is 6.54 Å². The number of aryl methyl sites for hydroxylation is 1. The van der Waals surface area contributed by atoms with Gasteiger partial charge in [-0.15, -0.1) is 0 Å². The summed E-state index contributed by atoms with van der Waals surface area (Å²) in [4.78, 5) is 0. The molecule has 0 spiro atoms. The van der Waals surface area contributed by atoms with Crippen molar-refractivity contribution in [1.29, 1.82) is 0 Å². The maximum Gasteiger partial charge on any atom is 0.0650 e. The monoisotopic (exact) mass is 338 g/mol. The van der Waals surface area contributed by atoms with Gasteiger partial charge in [0, 0.05) is 21.7 Å². The van der Waals surface area contributed by atoms with E-state index in [1.165, 1.54) is 5.56 Å². The molecule has 0 aliphatic heterocycles. The Hall–Kier alpha value is -1.03. The molecule has 4 heteroatoms. The number of nitrogens with one attached hydrogen (secondary N) is 1. The zero-order valence-corrected chi connectivity index (χ0v) is 13.0. The third-order valence-corrected chi connectivity index (χ3v) is 3.75. The van der Waals surface area contributed by atoms with Crippen LogP contribution in [-0.2, 0) is 0 Å². The highest BCUT2D eigenvalue weighted by Crippen LogP contribution is 2.28. The Morgan fingerprint density at radius 3 is 2.68 bits per heavy atom. The van der Waals surface area contributed by atoms with Gasteiger partial charge in [0.2, 0.25) is 0 Å². The van der Waals surface area contributed by atoms with E-state index in [2.05, 4.69) is 40.3 Å². The predicted octanol–water partition coefficient (Wildman–Crippen LogP) is 4.52. The first-order valence-corrected chi connectivity index (χ1v) is 7.25. The third-order valence-electron chi connectivity index (χ3n) is 2.93. The molecule has 0 saturated heterocycles. The molecular formula is C15H16BrClN2. The minimum Gasteiger partial charge on any atom is -0.377 e. The highest BCUT2D eigenvalue weighted by atomic mass is 79.9. The van der Waals surface area contributed by atoms with E-state index < -0.39 is 0 Å². The first-order chi connectivity index (χ1) is 9.10. The molecule has 0 radical (unpaired) electrons. The number of halogens is 2. The van der Waals surface area contributed by atoms with Gasteiger partial charge in [-0.3, -0.25) is 0 Å². The first-order valence-electron chi connectivity index (χ1n) is 6.08. The Balaban J connectivity index is 2.25. The van der Waals surface area contributed by atoms with Crippen molar-refractivity contribution in [2.45, 2.75) is 13.0 Å². The molecule has 2 aromatic rings. The van der Waals surface area contributed by atoms with Gasteiger partial charge in [0.1, 0.15) is 0 Å². The lowest BCUT2D eigenvalue weighted by molar-refractivity contribution is 0.790. The maximum absolute atomic E-state index is 6.27. The summed E-state index contributed by atoms with van der Waals surface area (Å²) in [6, 6.07) is 14.1. The molecule has 0 aliphatic carbocycles. The smallest absolute Gasteiger partial charge is 0.0650 e. The van der Waals surface area contributed by atoms with Crippen LogP contribution in [0.25, 0.3) is 0 Å². The molecule has 0 fully saturated rings. The van der Waals surface area contributed by atoms with Crippen LogP contribution in [0.3, 0.4) is 0 Å². The van der Waals surface area contributed by atoms with Gasteiger partial charge >= 0.3 is 0 Å². The number of hydrogen-bond acceptors (Lipinski definition) is 2. The number of anilines is 1. The topological polar surface area (TPSA) is 38.0 Å². The van der Waals surface area contributed by atoms with Gasteiger partial charge in [0.05, 0.1) is 6.04 Å². The minimum atomic E-state index is 0.00222. The average molecular weight is 340 g/mol. The van der Waals surface area contributed by atoms with Gasteiger partial charge in [-0.05, 0) is 42.3 Å². The van der Waals surface area contributed by atoms with E-state index in [1.807, 2.05) is 30.3 Å². The highest BCUT2D eigenvalue weighted by Gasteiger charge is 2.13. The van der Waals surface area contributed by atoms with E-state index in [0.717, 1.165) is 15.7 Å². The fourth-order valence-electron chi connectivity index (χ4n) is 1.98. The van der Waals surface area contributed by atoms with Gasteiger partial charge < -0.3 is 11.1 Å². The Labute approximate surface area is 127 Å². The molecule has 2 nitrogen and oxygen atoms in total. The predicted molar refractivity (Wildman–Crippen MR) is 85.7 cm³/mol. The molecule has 19 heavy (non-hydrogen) atoms. The Bertz CT molecular complexity index is 572. The van der Waals surface area contributed by atoms with Crippen LogP contribution in [0.1, 0.15) is 17.2 Å². The summed E-state index contributed by atoms with van der Waals surface area (Å²) in [6.07, 6.45) is 0. The largest absolute Gasteiger partial charge is 0.377 e. The van der Waals surface area contributed by atoms with Crippen molar-refractivity contribution < 1.29 is 0 Å². The second kappa shape index (κ2) is 6.42. The lowest BCUT2D eigenvalue weighted by atomic mass is 10.1. The molecule has 2 rings (SSSR count). The lowest BCUT2D eigenvalue weighted by Crippen LogP contribution is -2.21. The van der Waals surface area contributed by atoms with E-state index in [0.29, 0.717) is 11.6 Å². The standard InChI is InChI=1S/C15H16BrClN2/c1-10-3-2-4-12(7-10)19-15(9-18)13-6-5-11(16)8-14(13)17/h2-8,15,19H,9,18H2,1H3. The van der Waals surface area contributed by atoms with E-state index in [1.54, 1.807) is 0 Å². The highest BCUT2D eigenvalue weighted by molar-refractivity contribution is 9.10. The number of hydrogen-bond donors (Lipinski definition) is 2. The summed E-state index contributed by atoms with van der Waals surface area (Å²) in [5.41, 5.74) is 9.13. The van der Waals surface area contributed by atoms with Crippen LogP contribution >= 0.6 is 27.5 Å². The second-order valence-electron chi connectivity index (χ2n) is 4.47. The molecule has 0 bridgehead atoms. The van der Waals surface area contributed by atoms with Crippen LogP contribution in [0.15, 0.2) is 46.9 Å². The summed E-state index contributed by atoms with van der Waals surface area (Å²) < 4.78 is 0.965. The van der Waals surface area contributed by atoms with E-state index in [4.69, 9.17) is 17.3 Å². The molecule has 0 saturated carbocycles. The quantitative estimate of drug-likeness (QED) is 0.859. The van der Waals surface area contributed by atoms with Crippen molar-refractivity contribution in [1.82, 2.24) is 0 Å². The van der Waals surface area contributed by atoms with Crippen LogP contribution < -0.4 is 11.1 Å². The number of benzene rings is 2. The molecule has 2 aromatic carbocycles. The summed E-state index contributed by atoms with van der Waals surface area (Å²) in [5.74, 6) is 0. The van der Waals surface area contributed by atoms with E-state index >= 15 is 0 Å². The zero-order chi connectivity index (χ0) is 13.8. The van der Waals surface area contributed by atoms with Gasteiger partial charge in [0.25, 0.3) is 0 Å². The second-order valence-corrected chi connectivity index (χ2v) is 5.79. The number of nitrogens with two attached hydrogens (primary N) is 1. The SMILES string of the molecule is Cc1cccc(NC(CN)c2ccc(Br)cc2Cl)c1. The van der Waals surface area contributed by atoms with Crippen molar-refractivity contribution in [2.24, 2.45) is 5.73 Å². The summed E-state index contributed by atoms with van der Waals surface area (Å²) in [5, 5.41) is 4.13. The molecule has 3 N–H and O–H groups in total. The van der Waals surface area contributed by atoms with Crippen molar-refractivity contribution in [2.75, 3.05) is 11.9 Å². The Morgan fingerprint density at radius 2 is 2.05 bits per heavy atom. The van der Waals surface area contributed by atoms with Gasteiger partial charge in [-0.2, -0.15) is 0 Å². The molecule has 1 unspecified atom stereocenters. The summed E-state index contributed by atoms with van der Waals surface area (Å²) in [7, 11) is 0. The Morgan fingerprint density at radius 1 is 1.26 bits per heavy atom. The lowest BCUT2D eigenvalue weighted by Gasteiger charge is -2.20. The summed E-state index contributed by atoms with van der Waals surface area (Å²) in [6.45, 7) is 2.55. The fraction of sp³-hybridized carbons (Fsp3) is 0.200.